The summed E-state index contributed by atoms with van der Waals surface area (Å²) in [6.45, 7) is 2.03. The van der Waals surface area contributed by atoms with Gasteiger partial charge >= 0.3 is 0 Å². The fourth-order valence-corrected chi connectivity index (χ4v) is 5.51. The molecule has 1 saturated heterocycles. The number of rotatable bonds is 4. The summed E-state index contributed by atoms with van der Waals surface area (Å²) in [7, 11) is 0. The fourth-order valence-electron chi connectivity index (χ4n) is 5.16. The Morgan fingerprint density at radius 1 is 0.914 bits per heavy atom. The summed E-state index contributed by atoms with van der Waals surface area (Å²) in [5, 5.41) is 8.65. The molecule has 2 fully saturated rings. The molecular formula is C26H25BrF3N5. The first-order chi connectivity index (χ1) is 16.8. The van der Waals surface area contributed by atoms with Gasteiger partial charge in [-0.2, -0.15) is 0 Å². The number of alkyl halides is 2. The Morgan fingerprint density at radius 3 is 2.43 bits per heavy atom. The van der Waals surface area contributed by atoms with E-state index < -0.39 is 18.2 Å². The molecule has 3 heterocycles. The van der Waals surface area contributed by atoms with Crippen LogP contribution in [0, 0.1) is 11.2 Å². The van der Waals surface area contributed by atoms with Crippen LogP contribution in [-0.4, -0.2) is 39.0 Å². The van der Waals surface area contributed by atoms with Gasteiger partial charge in [-0.3, -0.25) is 0 Å². The minimum atomic E-state index is -2.74. The van der Waals surface area contributed by atoms with Crippen LogP contribution in [-0.2, 0) is 0 Å². The monoisotopic (exact) mass is 543 g/mol. The number of hydrogen-bond acceptors (Lipinski definition) is 4. The second-order valence-electron chi connectivity index (χ2n) is 9.98. The predicted molar refractivity (Wildman–Crippen MR) is 132 cm³/mol. The smallest absolute Gasteiger partial charge is 0.251 e. The summed E-state index contributed by atoms with van der Waals surface area (Å²) in [5.41, 5.74) is 4.16. The van der Waals surface area contributed by atoms with Crippen molar-refractivity contribution in [3.63, 3.8) is 0 Å². The van der Waals surface area contributed by atoms with Crippen molar-refractivity contribution in [2.75, 3.05) is 18.0 Å². The summed E-state index contributed by atoms with van der Waals surface area (Å²) in [4.78, 5) is 6.86. The van der Waals surface area contributed by atoms with Gasteiger partial charge in [0.2, 0.25) is 0 Å². The SMILES string of the molecule is Fc1ccc(-c2cn(-c3ccc(Br)cc3N3CCC4(CC3)CC4)nn2)nc1C1=CCC(F)(F)CC1. The average Bonchev–Trinajstić information content (AvgIpc) is 3.41. The lowest BCUT2D eigenvalue weighted by Gasteiger charge is -2.35. The van der Waals surface area contributed by atoms with E-state index in [2.05, 4.69) is 42.2 Å². The van der Waals surface area contributed by atoms with Crippen molar-refractivity contribution in [2.45, 2.75) is 50.9 Å². The Hall–Kier alpha value is -2.68. The highest BCUT2D eigenvalue weighted by Crippen LogP contribution is 2.54. The van der Waals surface area contributed by atoms with Crippen LogP contribution in [0.3, 0.4) is 0 Å². The van der Waals surface area contributed by atoms with Gasteiger partial charge in [0.1, 0.15) is 17.2 Å². The molecule has 0 bridgehead atoms. The zero-order valence-corrected chi connectivity index (χ0v) is 20.7. The molecule has 5 nitrogen and oxygen atoms in total. The van der Waals surface area contributed by atoms with Crippen LogP contribution < -0.4 is 4.90 Å². The van der Waals surface area contributed by atoms with Crippen LogP contribution in [0.2, 0.25) is 0 Å². The minimum Gasteiger partial charge on any atom is -0.370 e. The standard InChI is InChI=1S/C26H25BrF3N5/c27-18-1-4-22(23(15-18)34-13-11-25(9-10-25)12-14-34)35-16-21(32-33-35)20-3-2-19(28)24(31-20)17-5-7-26(29,30)8-6-17/h1-5,15-16H,6-14H2. The van der Waals surface area contributed by atoms with Crippen LogP contribution in [0.5, 0.6) is 0 Å². The van der Waals surface area contributed by atoms with Gasteiger partial charge in [-0.1, -0.05) is 27.2 Å². The minimum absolute atomic E-state index is 0.0897. The number of pyridine rings is 1. The number of hydrogen-bond donors (Lipinski definition) is 0. The first-order valence-corrected chi connectivity index (χ1v) is 12.8. The lowest BCUT2D eigenvalue weighted by atomic mass is 9.93. The Morgan fingerprint density at radius 2 is 1.71 bits per heavy atom. The zero-order chi connectivity index (χ0) is 24.2. The van der Waals surface area contributed by atoms with Gasteiger partial charge in [0.05, 0.1) is 23.3 Å². The quantitative estimate of drug-likeness (QED) is 0.362. The molecule has 182 valence electrons. The molecule has 2 aliphatic carbocycles. The van der Waals surface area contributed by atoms with Gasteiger partial charge in [0.15, 0.2) is 0 Å². The van der Waals surface area contributed by atoms with Gasteiger partial charge in [0, 0.05) is 30.4 Å². The molecule has 0 unspecified atom stereocenters. The maximum atomic E-state index is 14.5. The number of allylic oxidation sites excluding steroid dienone is 2. The van der Waals surface area contributed by atoms with E-state index in [-0.39, 0.29) is 18.5 Å². The molecule has 1 saturated carbocycles. The zero-order valence-electron chi connectivity index (χ0n) is 19.2. The third-order valence-corrected chi connectivity index (χ3v) is 8.11. The Bertz CT molecular complexity index is 1300. The van der Waals surface area contributed by atoms with Crippen molar-refractivity contribution in [1.82, 2.24) is 20.0 Å². The van der Waals surface area contributed by atoms with E-state index in [1.54, 1.807) is 16.9 Å². The van der Waals surface area contributed by atoms with E-state index in [4.69, 9.17) is 0 Å². The lowest BCUT2D eigenvalue weighted by Crippen LogP contribution is -2.35. The van der Waals surface area contributed by atoms with Gasteiger partial charge in [-0.25, -0.2) is 22.8 Å². The molecule has 2 aromatic heterocycles. The number of nitrogens with zero attached hydrogens (tertiary/aromatic N) is 5. The summed E-state index contributed by atoms with van der Waals surface area (Å²) in [6.07, 6.45) is 7.71. The molecule has 1 aromatic carbocycles. The Labute approximate surface area is 210 Å². The Balaban J connectivity index is 1.30. The van der Waals surface area contributed by atoms with Crippen molar-refractivity contribution >= 4 is 27.2 Å². The molecule has 0 atom stereocenters. The number of anilines is 1. The largest absolute Gasteiger partial charge is 0.370 e. The molecule has 3 aliphatic rings. The van der Waals surface area contributed by atoms with E-state index >= 15 is 0 Å². The van der Waals surface area contributed by atoms with Crippen LogP contribution in [0.4, 0.5) is 18.9 Å². The van der Waals surface area contributed by atoms with Crippen LogP contribution in [0.25, 0.3) is 22.6 Å². The molecule has 1 aliphatic heterocycles. The summed E-state index contributed by atoms with van der Waals surface area (Å²) in [6, 6.07) is 8.97. The fraction of sp³-hybridized carbons (Fsp3) is 0.423. The van der Waals surface area contributed by atoms with E-state index in [9.17, 15) is 13.2 Å². The van der Waals surface area contributed by atoms with Gasteiger partial charge in [-0.05, 0) is 73.4 Å². The summed E-state index contributed by atoms with van der Waals surface area (Å²) < 4.78 is 44.4. The first kappa shape index (κ1) is 22.8. The molecule has 35 heavy (non-hydrogen) atoms. The van der Waals surface area contributed by atoms with Crippen LogP contribution in [0.15, 0.2) is 47.1 Å². The second kappa shape index (κ2) is 8.47. The summed E-state index contributed by atoms with van der Waals surface area (Å²) in [5.74, 6) is -3.26. The molecule has 9 heteroatoms. The van der Waals surface area contributed by atoms with Crippen molar-refractivity contribution in [1.29, 1.82) is 0 Å². The third kappa shape index (κ3) is 4.50. The highest BCUT2D eigenvalue weighted by molar-refractivity contribution is 9.10. The topological polar surface area (TPSA) is 46.8 Å². The number of aromatic nitrogens is 4. The van der Waals surface area contributed by atoms with Crippen LogP contribution >= 0.6 is 15.9 Å². The molecule has 1 spiro atoms. The lowest BCUT2D eigenvalue weighted by molar-refractivity contribution is -0.00608. The Kier molecular flexibility index (Phi) is 5.51. The maximum absolute atomic E-state index is 14.5. The molecular weight excluding hydrogens is 519 g/mol. The van der Waals surface area contributed by atoms with Gasteiger partial charge in [0.25, 0.3) is 5.92 Å². The van der Waals surface area contributed by atoms with E-state index in [0.717, 1.165) is 28.9 Å². The summed E-state index contributed by atoms with van der Waals surface area (Å²) >= 11 is 3.60. The van der Waals surface area contributed by atoms with Crippen molar-refractivity contribution in [2.24, 2.45) is 5.41 Å². The number of benzene rings is 1. The van der Waals surface area contributed by atoms with Crippen molar-refractivity contribution in [3.8, 4) is 17.1 Å². The predicted octanol–water partition coefficient (Wildman–Crippen LogP) is 6.81. The van der Waals surface area contributed by atoms with Crippen molar-refractivity contribution in [3.05, 3.63) is 58.6 Å². The molecule has 3 aromatic rings. The normalized spacial score (nSPS) is 20.7. The highest BCUT2D eigenvalue weighted by Gasteiger charge is 2.44. The van der Waals surface area contributed by atoms with Gasteiger partial charge < -0.3 is 4.90 Å². The molecule has 0 amide bonds. The highest BCUT2D eigenvalue weighted by atomic mass is 79.9. The first-order valence-electron chi connectivity index (χ1n) is 12.0. The molecule has 0 N–H and O–H groups in total. The van der Waals surface area contributed by atoms with Crippen LogP contribution in [0.1, 0.15) is 50.6 Å². The van der Waals surface area contributed by atoms with E-state index in [0.29, 0.717) is 22.4 Å². The molecule has 6 rings (SSSR count). The number of piperidine rings is 1. The van der Waals surface area contributed by atoms with E-state index in [1.807, 2.05) is 12.1 Å². The molecule has 0 radical (unpaired) electrons. The van der Waals surface area contributed by atoms with Gasteiger partial charge in [-0.15, -0.1) is 5.10 Å². The van der Waals surface area contributed by atoms with E-state index in [1.165, 1.54) is 37.8 Å². The van der Waals surface area contributed by atoms with Crippen molar-refractivity contribution < 1.29 is 13.2 Å². The second-order valence-corrected chi connectivity index (χ2v) is 10.9. The number of halogens is 4. The third-order valence-electron chi connectivity index (χ3n) is 7.62. The maximum Gasteiger partial charge on any atom is 0.251 e. The average molecular weight is 544 g/mol.